The van der Waals surface area contributed by atoms with Crippen molar-refractivity contribution >= 4 is 11.5 Å². The lowest BCUT2D eigenvalue weighted by Crippen LogP contribution is -2.07. The number of hydrogen-bond donors (Lipinski definition) is 2. The summed E-state index contributed by atoms with van der Waals surface area (Å²) in [6.07, 6.45) is 1.38. The second kappa shape index (κ2) is 4.69. The zero-order valence-electron chi connectivity index (χ0n) is 9.60. The Morgan fingerprint density at radius 2 is 2.29 bits per heavy atom. The summed E-state index contributed by atoms with van der Waals surface area (Å²) in [6, 6.07) is 1.83. The highest BCUT2D eigenvalue weighted by molar-refractivity contribution is 5.66. The molecule has 0 aliphatic carbocycles. The van der Waals surface area contributed by atoms with E-state index in [9.17, 15) is 0 Å². The lowest BCUT2D eigenvalue weighted by molar-refractivity contribution is 0.391. The van der Waals surface area contributed by atoms with Gasteiger partial charge in [0.1, 0.15) is 23.5 Å². The maximum atomic E-state index is 5.81. The van der Waals surface area contributed by atoms with Gasteiger partial charge >= 0.3 is 0 Å². The van der Waals surface area contributed by atoms with Crippen molar-refractivity contribution in [3.63, 3.8) is 0 Å². The third-order valence-electron chi connectivity index (χ3n) is 2.15. The SMILES string of the molecule is COc1ncnc(NCc2cc(C)on2)c1N. The van der Waals surface area contributed by atoms with Crippen LogP contribution in [0.2, 0.25) is 0 Å². The number of hydrogen-bond acceptors (Lipinski definition) is 7. The molecule has 3 N–H and O–H groups in total. The zero-order chi connectivity index (χ0) is 12.3. The number of anilines is 2. The Morgan fingerprint density at radius 1 is 1.47 bits per heavy atom. The van der Waals surface area contributed by atoms with Gasteiger partial charge in [0.25, 0.3) is 0 Å². The van der Waals surface area contributed by atoms with E-state index in [-0.39, 0.29) is 0 Å². The Kier molecular flexibility index (Phi) is 3.08. The van der Waals surface area contributed by atoms with Gasteiger partial charge in [-0.25, -0.2) is 4.98 Å². The standard InChI is InChI=1S/C10H13N5O2/c1-6-3-7(15-17-6)4-12-9-8(11)10(16-2)14-5-13-9/h3,5H,4,11H2,1-2H3,(H,12,13,14). The van der Waals surface area contributed by atoms with E-state index in [1.807, 2.05) is 13.0 Å². The van der Waals surface area contributed by atoms with Crippen LogP contribution in [-0.2, 0) is 6.54 Å². The molecule has 2 aromatic heterocycles. The Hall–Kier alpha value is -2.31. The van der Waals surface area contributed by atoms with E-state index in [0.717, 1.165) is 11.5 Å². The Morgan fingerprint density at radius 3 is 2.94 bits per heavy atom. The van der Waals surface area contributed by atoms with Crippen molar-refractivity contribution in [2.45, 2.75) is 13.5 Å². The first kappa shape index (κ1) is 11.2. The molecule has 7 nitrogen and oxygen atoms in total. The minimum Gasteiger partial charge on any atom is -0.479 e. The number of methoxy groups -OCH3 is 1. The number of nitrogens with zero attached hydrogens (tertiary/aromatic N) is 3. The number of aromatic nitrogens is 3. The third kappa shape index (κ3) is 2.44. The molecule has 0 bridgehead atoms. The lowest BCUT2D eigenvalue weighted by atomic mass is 10.3. The van der Waals surface area contributed by atoms with Crippen LogP contribution in [0.3, 0.4) is 0 Å². The highest BCUT2D eigenvalue weighted by Gasteiger charge is 2.08. The van der Waals surface area contributed by atoms with Crippen LogP contribution in [-0.4, -0.2) is 22.2 Å². The number of ether oxygens (including phenoxy) is 1. The predicted octanol–water partition coefficient (Wildman–Crippen LogP) is 0.976. The number of aryl methyl sites for hydroxylation is 1. The number of nitrogens with two attached hydrogens (primary N) is 1. The van der Waals surface area contributed by atoms with Crippen LogP contribution in [0.1, 0.15) is 11.5 Å². The van der Waals surface area contributed by atoms with E-state index in [4.69, 9.17) is 15.0 Å². The molecular formula is C10H13N5O2. The van der Waals surface area contributed by atoms with Crippen molar-refractivity contribution in [3.05, 3.63) is 23.8 Å². The number of nitrogens with one attached hydrogen (secondary N) is 1. The molecule has 0 atom stereocenters. The molecule has 90 valence electrons. The molecule has 2 heterocycles. The van der Waals surface area contributed by atoms with Crippen LogP contribution >= 0.6 is 0 Å². The first-order valence-electron chi connectivity index (χ1n) is 5.01. The Labute approximate surface area is 98.0 Å². The van der Waals surface area contributed by atoms with Crippen molar-refractivity contribution in [2.75, 3.05) is 18.2 Å². The van der Waals surface area contributed by atoms with Gasteiger partial charge in [-0.2, -0.15) is 4.98 Å². The van der Waals surface area contributed by atoms with Crippen molar-refractivity contribution in [1.82, 2.24) is 15.1 Å². The maximum Gasteiger partial charge on any atom is 0.242 e. The highest BCUT2D eigenvalue weighted by Crippen LogP contribution is 2.24. The summed E-state index contributed by atoms with van der Waals surface area (Å²) >= 11 is 0. The molecule has 0 aromatic carbocycles. The molecule has 2 aromatic rings. The molecule has 0 amide bonds. The summed E-state index contributed by atoms with van der Waals surface area (Å²) in [5.74, 6) is 1.62. The third-order valence-corrected chi connectivity index (χ3v) is 2.15. The first-order valence-corrected chi connectivity index (χ1v) is 5.01. The molecule has 0 radical (unpaired) electrons. The molecule has 0 aliphatic rings. The van der Waals surface area contributed by atoms with Gasteiger partial charge in [-0.1, -0.05) is 5.16 Å². The predicted molar refractivity (Wildman–Crippen MR) is 61.6 cm³/mol. The summed E-state index contributed by atoms with van der Waals surface area (Å²) in [7, 11) is 1.50. The van der Waals surface area contributed by atoms with Gasteiger partial charge in [-0.15, -0.1) is 0 Å². The van der Waals surface area contributed by atoms with Crippen LogP contribution in [0.15, 0.2) is 16.9 Å². The van der Waals surface area contributed by atoms with Gasteiger partial charge in [-0.3, -0.25) is 0 Å². The molecule has 0 saturated carbocycles. The van der Waals surface area contributed by atoms with E-state index < -0.39 is 0 Å². The molecule has 2 rings (SSSR count). The van der Waals surface area contributed by atoms with Gasteiger partial charge in [-0.05, 0) is 6.92 Å². The van der Waals surface area contributed by atoms with E-state index in [1.165, 1.54) is 13.4 Å². The largest absolute Gasteiger partial charge is 0.479 e. The summed E-state index contributed by atoms with van der Waals surface area (Å²) < 4.78 is 9.94. The van der Waals surface area contributed by atoms with E-state index in [0.29, 0.717) is 23.9 Å². The molecular weight excluding hydrogens is 222 g/mol. The monoisotopic (exact) mass is 235 g/mol. The Balaban J connectivity index is 2.09. The molecule has 17 heavy (non-hydrogen) atoms. The zero-order valence-corrected chi connectivity index (χ0v) is 9.60. The topological polar surface area (TPSA) is 99.1 Å². The summed E-state index contributed by atoms with van der Waals surface area (Å²) in [5, 5.41) is 6.89. The molecule has 0 spiro atoms. The lowest BCUT2D eigenvalue weighted by Gasteiger charge is -2.08. The van der Waals surface area contributed by atoms with Crippen LogP contribution < -0.4 is 15.8 Å². The van der Waals surface area contributed by atoms with Crippen molar-refractivity contribution in [2.24, 2.45) is 0 Å². The summed E-state index contributed by atoms with van der Waals surface area (Å²) in [4.78, 5) is 7.91. The van der Waals surface area contributed by atoms with Crippen molar-refractivity contribution < 1.29 is 9.26 Å². The number of nitrogen functional groups attached to an aromatic ring is 1. The van der Waals surface area contributed by atoms with Crippen molar-refractivity contribution in [1.29, 1.82) is 0 Å². The second-order valence-electron chi connectivity index (χ2n) is 3.43. The van der Waals surface area contributed by atoms with E-state index in [2.05, 4.69) is 20.4 Å². The first-order chi connectivity index (χ1) is 8.20. The minimum atomic E-state index is 0.346. The summed E-state index contributed by atoms with van der Waals surface area (Å²) in [6.45, 7) is 2.31. The summed E-state index contributed by atoms with van der Waals surface area (Å²) in [5.41, 5.74) is 6.95. The van der Waals surface area contributed by atoms with Crippen LogP contribution in [0.5, 0.6) is 5.88 Å². The van der Waals surface area contributed by atoms with Gasteiger partial charge in [0.05, 0.1) is 13.7 Å². The second-order valence-corrected chi connectivity index (χ2v) is 3.43. The van der Waals surface area contributed by atoms with Crippen LogP contribution in [0, 0.1) is 6.92 Å². The minimum absolute atomic E-state index is 0.346. The van der Waals surface area contributed by atoms with Gasteiger partial charge in [0, 0.05) is 6.07 Å². The fourth-order valence-corrected chi connectivity index (χ4v) is 1.36. The normalized spacial score (nSPS) is 10.2. The van der Waals surface area contributed by atoms with E-state index in [1.54, 1.807) is 0 Å². The average Bonchev–Trinajstić information content (AvgIpc) is 2.74. The molecule has 7 heteroatoms. The van der Waals surface area contributed by atoms with Crippen LogP contribution in [0.25, 0.3) is 0 Å². The highest BCUT2D eigenvalue weighted by atomic mass is 16.5. The average molecular weight is 235 g/mol. The molecule has 0 unspecified atom stereocenters. The molecule has 0 fully saturated rings. The van der Waals surface area contributed by atoms with Crippen molar-refractivity contribution in [3.8, 4) is 5.88 Å². The van der Waals surface area contributed by atoms with Gasteiger partial charge < -0.3 is 20.3 Å². The fraction of sp³-hybridized carbons (Fsp3) is 0.300. The Bertz CT molecular complexity index is 511. The van der Waals surface area contributed by atoms with Gasteiger partial charge in [0.2, 0.25) is 5.88 Å². The number of rotatable bonds is 4. The van der Waals surface area contributed by atoms with Crippen LogP contribution in [0.4, 0.5) is 11.5 Å². The molecule has 0 saturated heterocycles. The maximum absolute atomic E-state index is 5.81. The quantitative estimate of drug-likeness (QED) is 0.814. The van der Waals surface area contributed by atoms with E-state index >= 15 is 0 Å². The van der Waals surface area contributed by atoms with Gasteiger partial charge in [0.15, 0.2) is 5.82 Å². The smallest absolute Gasteiger partial charge is 0.242 e. The molecule has 0 aliphatic heterocycles. The fourth-order valence-electron chi connectivity index (χ4n) is 1.36.